The van der Waals surface area contributed by atoms with Gasteiger partial charge in [0.05, 0.1) is 33.1 Å². The summed E-state index contributed by atoms with van der Waals surface area (Å²) in [5.41, 5.74) is 12.7. The number of fused-ring (bicyclic) bond motifs is 10. The second-order valence-corrected chi connectivity index (χ2v) is 14.2. The van der Waals surface area contributed by atoms with E-state index in [0.717, 1.165) is 44.0 Å². The highest BCUT2D eigenvalue weighted by molar-refractivity contribution is 6.24. The van der Waals surface area contributed by atoms with Crippen LogP contribution in [-0.4, -0.2) is 9.13 Å². The van der Waals surface area contributed by atoms with Gasteiger partial charge in [0, 0.05) is 38.2 Å². The zero-order valence-electron chi connectivity index (χ0n) is 27.7. The van der Waals surface area contributed by atoms with Gasteiger partial charge in [0.25, 0.3) is 0 Å². The molecule has 49 heavy (non-hydrogen) atoms. The summed E-state index contributed by atoms with van der Waals surface area (Å²) in [7, 11) is 0. The third kappa shape index (κ3) is 4.09. The summed E-state index contributed by atoms with van der Waals surface area (Å²) in [6.45, 7) is 6.79. The van der Waals surface area contributed by atoms with Crippen LogP contribution in [0.2, 0.25) is 0 Å². The first-order valence-corrected chi connectivity index (χ1v) is 17.0. The van der Waals surface area contributed by atoms with Gasteiger partial charge in [-0.3, -0.25) is 0 Å². The van der Waals surface area contributed by atoms with Crippen LogP contribution in [0, 0.1) is 0 Å². The molecule has 0 aliphatic carbocycles. The summed E-state index contributed by atoms with van der Waals surface area (Å²) >= 11 is 0. The van der Waals surface area contributed by atoms with Crippen LogP contribution in [0.1, 0.15) is 26.3 Å². The van der Waals surface area contributed by atoms with Crippen molar-refractivity contribution in [2.45, 2.75) is 26.2 Å². The van der Waals surface area contributed by atoms with Crippen molar-refractivity contribution in [3.8, 4) is 22.5 Å². The van der Waals surface area contributed by atoms with Gasteiger partial charge in [-0.25, -0.2) is 0 Å². The van der Waals surface area contributed by atoms with Crippen molar-refractivity contribution in [1.29, 1.82) is 0 Å². The van der Waals surface area contributed by atoms with Gasteiger partial charge in [-0.2, -0.15) is 0 Å². The minimum atomic E-state index is 0.108. The van der Waals surface area contributed by atoms with E-state index in [0.29, 0.717) is 0 Å². The number of nitrogens with zero attached hydrogens (tertiary/aromatic N) is 2. The Morgan fingerprint density at radius 3 is 1.90 bits per heavy atom. The Kier molecular flexibility index (Phi) is 5.84. The molecule has 10 aromatic rings. The molecule has 0 N–H and O–H groups in total. The molecule has 0 saturated carbocycles. The molecule has 7 aromatic carbocycles. The number of para-hydroxylation sites is 4. The average molecular weight is 631 g/mol. The maximum absolute atomic E-state index is 6.56. The first-order valence-electron chi connectivity index (χ1n) is 17.0. The molecule has 0 aliphatic heterocycles. The summed E-state index contributed by atoms with van der Waals surface area (Å²) in [4.78, 5) is 0. The number of hydrogen-bond donors (Lipinski definition) is 0. The van der Waals surface area contributed by atoms with Crippen molar-refractivity contribution in [3.63, 3.8) is 0 Å². The SMILES string of the molecule is CC(C)(C)c1ccc(-c2ccccc2-n2c3ccccc3c3cc(-n4c5ccccc5c5c6oc7ccccc7c6ccc54)ccc32)cc1. The molecule has 3 nitrogen and oxygen atoms in total. The largest absolute Gasteiger partial charge is 0.455 e. The maximum Gasteiger partial charge on any atom is 0.145 e. The fourth-order valence-electron chi connectivity index (χ4n) is 7.94. The molecule has 0 amide bonds. The first-order chi connectivity index (χ1) is 24.0. The minimum absolute atomic E-state index is 0.108. The van der Waals surface area contributed by atoms with E-state index in [4.69, 9.17) is 4.42 Å². The lowest BCUT2D eigenvalue weighted by Gasteiger charge is -2.20. The lowest BCUT2D eigenvalue weighted by Crippen LogP contribution is -2.10. The van der Waals surface area contributed by atoms with E-state index in [1.807, 2.05) is 6.07 Å². The topological polar surface area (TPSA) is 23.0 Å². The number of benzene rings is 7. The highest BCUT2D eigenvalue weighted by Gasteiger charge is 2.21. The van der Waals surface area contributed by atoms with E-state index in [1.165, 1.54) is 49.6 Å². The number of furan rings is 1. The fraction of sp³-hybridized carbons (Fsp3) is 0.0870. The molecule has 0 radical (unpaired) electrons. The van der Waals surface area contributed by atoms with Crippen LogP contribution < -0.4 is 0 Å². The summed E-state index contributed by atoms with van der Waals surface area (Å²) in [6.07, 6.45) is 0. The van der Waals surface area contributed by atoms with Crippen LogP contribution in [0.15, 0.2) is 156 Å². The molecule has 3 aromatic heterocycles. The zero-order valence-corrected chi connectivity index (χ0v) is 27.7. The molecule has 0 aliphatic rings. The smallest absolute Gasteiger partial charge is 0.145 e. The molecular formula is C46H34N2O. The molecule has 3 heterocycles. The minimum Gasteiger partial charge on any atom is -0.455 e. The summed E-state index contributed by atoms with van der Waals surface area (Å²) in [6, 6.07) is 55.1. The highest BCUT2D eigenvalue weighted by Crippen LogP contribution is 2.42. The Bertz CT molecular complexity index is 2910. The molecule has 0 atom stereocenters. The molecule has 0 fully saturated rings. The maximum atomic E-state index is 6.56. The van der Waals surface area contributed by atoms with Crippen molar-refractivity contribution in [3.05, 3.63) is 157 Å². The van der Waals surface area contributed by atoms with Gasteiger partial charge in [0.15, 0.2) is 0 Å². The van der Waals surface area contributed by atoms with Crippen molar-refractivity contribution >= 4 is 65.6 Å². The Morgan fingerprint density at radius 1 is 0.469 bits per heavy atom. The van der Waals surface area contributed by atoms with E-state index < -0.39 is 0 Å². The predicted octanol–water partition coefficient (Wildman–Crippen LogP) is 12.7. The summed E-state index contributed by atoms with van der Waals surface area (Å²) in [5, 5.41) is 7.10. The second kappa shape index (κ2) is 10.2. The third-order valence-electron chi connectivity index (χ3n) is 10.3. The quantitative estimate of drug-likeness (QED) is 0.190. The van der Waals surface area contributed by atoms with E-state index >= 15 is 0 Å². The number of rotatable bonds is 3. The van der Waals surface area contributed by atoms with Crippen LogP contribution in [0.4, 0.5) is 0 Å². The van der Waals surface area contributed by atoms with Crippen molar-refractivity contribution in [2.24, 2.45) is 0 Å². The van der Waals surface area contributed by atoms with Gasteiger partial charge in [0.1, 0.15) is 11.2 Å². The lowest BCUT2D eigenvalue weighted by atomic mass is 9.86. The third-order valence-corrected chi connectivity index (χ3v) is 10.3. The van der Waals surface area contributed by atoms with Gasteiger partial charge in [-0.1, -0.05) is 118 Å². The predicted molar refractivity (Wildman–Crippen MR) is 207 cm³/mol. The van der Waals surface area contributed by atoms with Crippen molar-refractivity contribution in [1.82, 2.24) is 9.13 Å². The molecule has 0 bridgehead atoms. The van der Waals surface area contributed by atoms with Crippen LogP contribution in [0.25, 0.3) is 88.1 Å². The second-order valence-electron chi connectivity index (χ2n) is 14.2. The van der Waals surface area contributed by atoms with E-state index in [1.54, 1.807) is 0 Å². The van der Waals surface area contributed by atoms with Gasteiger partial charge < -0.3 is 13.6 Å². The van der Waals surface area contributed by atoms with Gasteiger partial charge in [-0.05, 0) is 71.1 Å². The van der Waals surface area contributed by atoms with Gasteiger partial charge in [0.2, 0.25) is 0 Å². The Hall–Kier alpha value is -6.06. The molecule has 234 valence electrons. The van der Waals surface area contributed by atoms with E-state index in [9.17, 15) is 0 Å². The average Bonchev–Trinajstić information content (AvgIpc) is 3.79. The van der Waals surface area contributed by atoms with Gasteiger partial charge >= 0.3 is 0 Å². The molecule has 3 heteroatoms. The van der Waals surface area contributed by atoms with E-state index in [2.05, 4.69) is 175 Å². The molecule has 0 spiro atoms. The molecular weight excluding hydrogens is 597 g/mol. The highest BCUT2D eigenvalue weighted by atomic mass is 16.3. The van der Waals surface area contributed by atoms with Crippen LogP contribution in [0.3, 0.4) is 0 Å². The van der Waals surface area contributed by atoms with Crippen molar-refractivity contribution in [2.75, 3.05) is 0 Å². The van der Waals surface area contributed by atoms with Crippen LogP contribution >= 0.6 is 0 Å². The van der Waals surface area contributed by atoms with Gasteiger partial charge in [-0.15, -0.1) is 0 Å². The number of hydrogen-bond acceptors (Lipinski definition) is 1. The van der Waals surface area contributed by atoms with Crippen LogP contribution in [0.5, 0.6) is 0 Å². The summed E-state index contributed by atoms with van der Waals surface area (Å²) < 4.78 is 11.4. The monoisotopic (exact) mass is 630 g/mol. The summed E-state index contributed by atoms with van der Waals surface area (Å²) in [5.74, 6) is 0. The standard InChI is InChI=1S/C46H34N2O/c1-46(2,3)30-22-20-29(21-23-30)32-12-4-8-16-38(32)48-39-17-9-5-13-33(39)37-28-31(24-26-41(37)48)47-40-18-10-6-15-36(40)44-42(47)27-25-35-34-14-7-11-19-43(34)49-45(35)44/h4-28H,1-3H3. The lowest BCUT2D eigenvalue weighted by molar-refractivity contribution is 0.590. The Labute approximate surface area is 284 Å². The van der Waals surface area contributed by atoms with Crippen LogP contribution in [-0.2, 0) is 5.41 Å². The first kappa shape index (κ1) is 28.0. The fourth-order valence-corrected chi connectivity index (χ4v) is 7.94. The molecule has 10 rings (SSSR count). The Balaban J connectivity index is 1.22. The normalized spacial score (nSPS) is 12.4. The van der Waals surface area contributed by atoms with Crippen molar-refractivity contribution < 1.29 is 4.42 Å². The Morgan fingerprint density at radius 2 is 1.10 bits per heavy atom. The van der Waals surface area contributed by atoms with E-state index in [-0.39, 0.29) is 5.41 Å². The molecule has 0 saturated heterocycles. The number of aromatic nitrogens is 2. The molecule has 0 unspecified atom stereocenters. The zero-order chi connectivity index (χ0) is 32.9.